The number of carbonyl (C=O) groups excluding carboxylic acids is 1. The van der Waals surface area contributed by atoms with E-state index >= 15 is 0 Å². The third-order valence-electron chi connectivity index (χ3n) is 4.20. The molecule has 0 radical (unpaired) electrons. The SMILES string of the molecule is O=C(NCc1ccc(C(=O)O)cc1)NC(c1ccccc1)c1ccccc1. The van der Waals surface area contributed by atoms with Crippen LogP contribution in [-0.4, -0.2) is 17.1 Å². The van der Waals surface area contributed by atoms with Crippen LogP contribution in [0, 0.1) is 0 Å². The molecule has 3 N–H and O–H groups in total. The highest BCUT2D eigenvalue weighted by Crippen LogP contribution is 2.21. The summed E-state index contributed by atoms with van der Waals surface area (Å²) in [6.45, 7) is 0.308. The smallest absolute Gasteiger partial charge is 0.335 e. The van der Waals surface area contributed by atoms with E-state index in [2.05, 4.69) is 10.6 Å². The molecule has 3 aromatic carbocycles. The van der Waals surface area contributed by atoms with Crippen LogP contribution >= 0.6 is 0 Å². The molecule has 0 aliphatic heterocycles. The zero-order chi connectivity index (χ0) is 19.1. The van der Waals surface area contributed by atoms with E-state index in [9.17, 15) is 9.59 Å². The molecule has 3 rings (SSSR count). The monoisotopic (exact) mass is 360 g/mol. The number of carboxylic acid groups (broad SMARTS) is 1. The van der Waals surface area contributed by atoms with Crippen molar-refractivity contribution < 1.29 is 14.7 Å². The molecule has 0 aliphatic rings. The standard InChI is InChI=1S/C22H20N2O3/c25-21(26)19-13-11-16(12-14-19)15-23-22(27)24-20(17-7-3-1-4-8-17)18-9-5-2-6-10-18/h1-14,20H,15H2,(H,25,26)(H2,23,24,27). The molecule has 5 nitrogen and oxygen atoms in total. The number of nitrogens with one attached hydrogen (secondary N) is 2. The number of carboxylic acids is 1. The van der Waals surface area contributed by atoms with Gasteiger partial charge in [-0.2, -0.15) is 0 Å². The van der Waals surface area contributed by atoms with E-state index < -0.39 is 5.97 Å². The second-order valence-corrected chi connectivity index (χ2v) is 6.08. The zero-order valence-corrected chi connectivity index (χ0v) is 14.6. The Morgan fingerprint density at radius 3 is 1.78 bits per heavy atom. The van der Waals surface area contributed by atoms with Crippen LogP contribution in [0.5, 0.6) is 0 Å². The molecule has 0 heterocycles. The molecule has 136 valence electrons. The van der Waals surface area contributed by atoms with Crippen LogP contribution in [-0.2, 0) is 6.54 Å². The van der Waals surface area contributed by atoms with Gasteiger partial charge in [0.2, 0.25) is 0 Å². The molecule has 0 atom stereocenters. The maximum atomic E-state index is 12.4. The number of hydrogen-bond donors (Lipinski definition) is 3. The molecule has 3 aromatic rings. The van der Waals surface area contributed by atoms with Crippen molar-refractivity contribution in [3.8, 4) is 0 Å². The maximum Gasteiger partial charge on any atom is 0.335 e. The molecule has 0 aliphatic carbocycles. The average molecular weight is 360 g/mol. The molecule has 0 saturated heterocycles. The van der Waals surface area contributed by atoms with Crippen molar-refractivity contribution in [2.75, 3.05) is 0 Å². The first kappa shape index (κ1) is 18.2. The number of rotatable bonds is 6. The Hall–Kier alpha value is -3.60. The van der Waals surface area contributed by atoms with Crippen molar-refractivity contribution in [1.82, 2.24) is 10.6 Å². The van der Waals surface area contributed by atoms with Crippen LogP contribution in [0.1, 0.15) is 33.1 Å². The summed E-state index contributed by atoms with van der Waals surface area (Å²) in [6.07, 6.45) is 0. The summed E-state index contributed by atoms with van der Waals surface area (Å²) >= 11 is 0. The lowest BCUT2D eigenvalue weighted by molar-refractivity contribution is 0.0697. The van der Waals surface area contributed by atoms with Crippen LogP contribution in [0.15, 0.2) is 84.9 Å². The molecule has 5 heteroatoms. The van der Waals surface area contributed by atoms with Crippen LogP contribution in [0.2, 0.25) is 0 Å². The third kappa shape index (κ3) is 4.95. The fraction of sp³-hybridized carbons (Fsp3) is 0.0909. The minimum Gasteiger partial charge on any atom is -0.478 e. The zero-order valence-electron chi connectivity index (χ0n) is 14.6. The van der Waals surface area contributed by atoms with Crippen LogP contribution < -0.4 is 10.6 Å². The number of benzene rings is 3. The maximum absolute atomic E-state index is 12.4. The van der Waals surface area contributed by atoms with Crippen molar-refractivity contribution in [2.24, 2.45) is 0 Å². The quantitative estimate of drug-likeness (QED) is 0.622. The Labute approximate surface area is 157 Å². The van der Waals surface area contributed by atoms with E-state index in [4.69, 9.17) is 5.11 Å². The van der Waals surface area contributed by atoms with Gasteiger partial charge in [-0.1, -0.05) is 72.8 Å². The number of hydrogen-bond acceptors (Lipinski definition) is 2. The first-order valence-corrected chi connectivity index (χ1v) is 8.60. The first-order valence-electron chi connectivity index (χ1n) is 8.60. The topological polar surface area (TPSA) is 78.4 Å². The van der Waals surface area contributed by atoms with Crippen molar-refractivity contribution in [2.45, 2.75) is 12.6 Å². The molecule has 0 aromatic heterocycles. The van der Waals surface area contributed by atoms with E-state index in [0.29, 0.717) is 6.54 Å². The van der Waals surface area contributed by atoms with Gasteiger partial charge in [0, 0.05) is 6.54 Å². The molecule has 0 saturated carbocycles. The van der Waals surface area contributed by atoms with Gasteiger partial charge in [-0.25, -0.2) is 9.59 Å². The molecular formula is C22H20N2O3. The molecule has 2 amide bonds. The minimum absolute atomic E-state index is 0.219. The van der Waals surface area contributed by atoms with Gasteiger partial charge in [-0.05, 0) is 28.8 Å². The van der Waals surface area contributed by atoms with E-state index in [0.717, 1.165) is 16.7 Å². The second kappa shape index (κ2) is 8.67. The van der Waals surface area contributed by atoms with Crippen molar-refractivity contribution in [3.63, 3.8) is 0 Å². The van der Waals surface area contributed by atoms with E-state index in [1.54, 1.807) is 12.1 Å². The predicted octanol–water partition coefficient (Wildman–Crippen LogP) is 3.97. The predicted molar refractivity (Wildman–Crippen MR) is 103 cm³/mol. The normalized spacial score (nSPS) is 10.4. The van der Waals surface area contributed by atoms with Gasteiger partial charge in [0.05, 0.1) is 11.6 Å². The molecule has 27 heavy (non-hydrogen) atoms. The van der Waals surface area contributed by atoms with E-state index in [-0.39, 0.29) is 17.6 Å². The number of carbonyl (C=O) groups is 2. The molecule has 0 bridgehead atoms. The van der Waals surface area contributed by atoms with E-state index in [1.165, 1.54) is 12.1 Å². The Kier molecular flexibility index (Phi) is 5.84. The van der Waals surface area contributed by atoms with Gasteiger partial charge in [0.25, 0.3) is 0 Å². The summed E-state index contributed by atoms with van der Waals surface area (Å²) in [6, 6.07) is 25.4. The Bertz CT molecular complexity index is 854. The fourth-order valence-corrected chi connectivity index (χ4v) is 2.78. The third-order valence-corrected chi connectivity index (χ3v) is 4.20. The number of amides is 2. The van der Waals surface area contributed by atoms with Gasteiger partial charge >= 0.3 is 12.0 Å². The van der Waals surface area contributed by atoms with Gasteiger partial charge < -0.3 is 15.7 Å². The number of aromatic carboxylic acids is 1. The first-order chi connectivity index (χ1) is 13.1. The van der Waals surface area contributed by atoms with Gasteiger partial charge in [-0.3, -0.25) is 0 Å². The van der Waals surface area contributed by atoms with Crippen molar-refractivity contribution in [1.29, 1.82) is 0 Å². The average Bonchev–Trinajstić information content (AvgIpc) is 2.72. The van der Waals surface area contributed by atoms with Gasteiger partial charge in [0.15, 0.2) is 0 Å². The summed E-state index contributed by atoms with van der Waals surface area (Å²) < 4.78 is 0. The lowest BCUT2D eigenvalue weighted by Gasteiger charge is -2.20. The highest BCUT2D eigenvalue weighted by Gasteiger charge is 2.16. The van der Waals surface area contributed by atoms with Crippen LogP contribution in [0.3, 0.4) is 0 Å². The Morgan fingerprint density at radius 1 is 0.778 bits per heavy atom. The summed E-state index contributed by atoms with van der Waals surface area (Å²) in [7, 11) is 0. The largest absolute Gasteiger partial charge is 0.478 e. The van der Waals surface area contributed by atoms with Crippen molar-refractivity contribution in [3.05, 3.63) is 107 Å². The summed E-state index contributed by atoms with van der Waals surface area (Å²) in [5, 5.41) is 14.8. The van der Waals surface area contributed by atoms with Crippen molar-refractivity contribution >= 4 is 12.0 Å². The summed E-state index contributed by atoms with van der Waals surface area (Å²) in [4.78, 5) is 23.3. The van der Waals surface area contributed by atoms with Crippen LogP contribution in [0.25, 0.3) is 0 Å². The molecule has 0 unspecified atom stereocenters. The van der Waals surface area contributed by atoms with E-state index in [1.807, 2.05) is 60.7 Å². The Balaban J connectivity index is 1.67. The fourth-order valence-electron chi connectivity index (χ4n) is 2.78. The minimum atomic E-state index is -0.971. The Morgan fingerprint density at radius 2 is 1.30 bits per heavy atom. The van der Waals surface area contributed by atoms with Gasteiger partial charge in [0.1, 0.15) is 0 Å². The summed E-state index contributed by atoms with van der Waals surface area (Å²) in [5.41, 5.74) is 3.02. The van der Waals surface area contributed by atoms with Crippen LogP contribution in [0.4, 0.5) is 4.79 Å². The lowest BCUT2D eigenvalue weighted by Crippen LogP contribution is -2.38. The molecule has 0 spiro atoms. The lowest BCUT2D eigenvalue weighted by atomic mass is 9.99. The van der Waals surface area contributed by atoms with Gasteiger partial charge in [-0.15, -0.1) is 0 Å². The second-order valence-electron chi connectivity index (χ2n) is 6.08. The molecular weight excluding hydrogens is 340 g/mol. The molecule has 0 fully saturated rings. The summed E-state index contributed by atoms with van der Waals surface area (Å²) in [5.74, 6) is -0.971. The highest BCUT2D eigenvalue weighted by molar-refractivity contribution is 5.87. The highest BCUT2D eigenvalue weighted by atomic mass is 16.4. The number of urea groups is 1.